The predicted octanol–water partition coefficient (Wildman–Crippen LogP) is 1.96. The third-order valence-electron chi connectivity index (χ3n) is 4.59. The number of benzene rings is 2. The Bertz CT molecular complexity index is 837. The van der Waals surface area contributed by atoms with Gasteiger partial charge in [-0.15, -0.1) is 0 Å². The Labute approximate surface area is 162 Å². The van der Waals surface area contributed by atoms with Crippen LogP contribution in [-0.4, -0.2) is 32.9 Å². The minimum absolute atomic E-state index is 0.514. The van der Waals surface area contributed by atoms with Crippen LogP contribution in [0.1, 0.15) is 29.3 Å². The molecule has 0 saturated heterocycles. The van der Waals surface area contributed by atoms with Crippen molar-refractivity contribution in [2.75, 3.05) is 0 Å². The Balaban J connectivity index is 1.26. The molecular formula is C21H22AsN3O. The van der Waals surface area contributed by atoms with Gasteiger partial charge >= 0.3 is 115 Å². The van der Waals surface area contributed by atoms with Crippen molar-refractivity contribution in [3.63, 3.8) is 0 Å². The summed E-state index contributed by atoms with van der Waals surface area (Å²) in [5, 5.41) is 3.55. The van der Waals surface area contributed by atoms with E-state index in [0.29, 0.717) is 18.6 Å². The van der Waals surface area contributed by atoms with Crippen molar-refractivity contribution in [1.82, 2.24) is 15.3 Å². The number of nitrogens with one attached hydrogen (secondary N) is 1. The van der Waals surface area contributed by atoms with Crippen LogP contribution in [0.25, 0.3) is 0 Å². The number of hydrogen-bond donors (Lipinski definition) is 1. The minimum atomic E-state index is 0.514. The number of hydrogen-bond acceptors (Lipinski definition) is 4. The van der Waals surface area contributed by atoms with Crippen LogP contribution in [0, 0.1) is 0 Å². The topological polar surface area (TPSA) is 47.0 Å². The molecule has 4 rings (SSSR count). The normalized spacial score (nSPS) is 18.5. The summed E-state index contributed by atoms with van der Waals surface area (Å²) in [6, 6.07) is 19.2. The predicted molar refractivity (Wildman–Crippen MR) is 105 cm³/mol. The molecule has 1 fully saturated rings. The van der Waals surface area contributed by atoms with Gasteiger partial charge in [0.15, 0.2) is 0 Å². The fourth-order valence-corrected chi connectivity index (χ4v) is 3.33. The maximum atomic E-state index is 5.86. The fourth-order valence-electron chi connectivity index (χ4n) is 3.02. The van der Waals surface area contributed by atoms with Gasteiger partial charge in [-0.05, 0) is 5.56 Å². The van der Waals surface area contributed by atoms with E-state index in [1.807, 2.05) is 30.6 Å². The van der Waals surface area contributed by atoms with Crippen LogP contribution in [0.15, 0.2) is 67.0 Å². The molecule has 3 aromatic rings. The molecule has 1 aromatic heterocycles. The fraction of sp³-hybridized carbons (Fsp3) is 0.238. The Morgan fingerprint density at radius 3 is 2.46 bits per heavy atom. The van der Waals surface area contributed by atoms with Gasteiger partial charge in [-0.25, -0.2) is 0 Å². The second-order valence-electron chi connectivity index (χ2n) is 6.61. The molecule has 1 aliphatic rings. The van der Waals surface area contributed by atoms with Crippen LogP contribution in [0.3, 0.4) is 0 Å². The number of aromatic nitrogens is 2. The first-order valence-corrected chi connectivity index (χ1v) is 10.1. The molecule has 0 bridgehead atoms. The van der Waals surface area contributed by atoms with Gasteiger partial charge in [0.05, 0.1) is 0 Å². The Kier molecular flexibility index (Phi) is 5.33. The summed E-state index contributed by atoms with van der Waals surface area (Å²) in [5.74, 6) is 2.35. The van der Waals surface area contributed by atoms with Crippen molar-refractivity contribution < 1.29 is 4.74 Å². The van der Waals surface area contributed by atoms with Crippen molar-refractivity contribution in [2.24, 2.45) is 0 Å². The first kappa shape index (κ1) is 17.3. The monoisotopic (exact) mass is 407 g/mol. The van der Waals surface area contributed by atoms with Crippen molar-refractivity contribution in [3.05, 3.63) is 83.9 Å². The van der Waals surface area contributed by atoms with Gasteiger partial charge < -0.3 is 4.74 Å². The SMILES string of the molecule is [AsH2]c1cnc(CN[C@@H]2C[C@H]2c2ccc(OCc3ccccc3)cc2)nc1. The molecule has 2 aromatic carbocycles. The average Bonchev–Trinajstić information content (AvgIpc) is 3.47. The van der Waals surface area contributed by atoms with E-state index in [4.69, 9.17) is 4.74 Å². The second kappa shape index (κ2) is 8.03. The molecule has 1 saturated carbocycles. The molecule has 0 radical (unpaired) electrons. The van der Waals surface area contributed by atoms with Gasteiger partial charge in [-0.1, -0.05) is 30.3 Å². The van der Waals surface area contributed by atoms with E-state index in [9.17, 15) is 0 Å². The maximum absolute atomic E-state index is 5.86. The summed E-state index contributed by atoms with van der Waals surface area (Å²) < 4.78 is 7.01. The van der Waals surface area contributed by atoms with E-state index in [-0.39, 0.29) is 0 Å². The van der Waals surface area contributed by atoms with E-state index in [2.05, 4.69) is 51.7 Å². The number of nitrogens with zero attached hydrogens (tertiary/aromatic N) is 2. The molecule has 1 unspecified atom stereocenters. The summed E-state index contributed by atoms with van der Waals surface area (Å²) in [4.78, 5) is 8.72. The molecule has 0 amide bonds. The third-order valence-corrected chi connectivity index (χ3v) is 5.22. The van der Waals surface area contributed by atoms with Crippen molar-refractivity contribution >= 4 is 21.2 Å². The van der Waals surface area contributed by atoms with Crippen LogP contribution in [-0.2, 0) is 13.2 Å². The summed E-state index contributed by atoms with van der Waals surface area (Å²) >= 11 is 1.55. The molecule has 1 N–H and O–H groups in total. The van der Waals surface area contributed by atoms with Crippen LogP contribution in [0.2, 0.25) is 0 Å². The zero-order valence-electron chi connectivity index (χ0n) is 14.5. The van der Waals surface area contributed by atoms with Gasteiger partial charge in [0.25, 0.3) is 0 Å². The van der Waals surface area contributed by atoms with E-state index in [0.717, 1.165) is 22.5 Å². The molecule has 0 spiro atoms. The molecule has 5 heteroatoms. The van der Waals surface area contributed by atoms with Crippen LogP contribution in [0.5, 0.6) is 5.75 Å². The van der Waals surface area contributed by atoms with Gasteiger partial charge in [0.2, 0.25) is 0 Å². The molecule has 3 atom stereocenters. The molecule has 26 heavy (non-hydrogen) atoms. The molecule has 1 aliphatic carbocycles. The van der Waals surface area contributed by atoms with E-state index < -0.39 is 0 Å². The molecular weight excluding hydrogens is 385 g/mol. The molecule has 4 nitrogen and oxygen atoms in total. The van der Waals surface area contributed by atoms with Gasteiger partial charge in [0.1, 0.15) is 6.61 Å². The van der Waals surface area contributed by atoms with E-state index in [1.165, 1.54) is 17.5 Å². The summed E-state index contributed by atoms with van der Waals surface area (Å²) in [5.41, 5.74) is 2.55. The molecule has 1 heterocycles. The van der Waals surface area contributed by atoms with Gasteiger partial charge in [0, 0.05) is 0 Å². The molecule has 132 valence electrons. The van der Waals surface area contributed by atoms with Crippen molar-refractivity contribution in [1.29, 1.82) is 0 Å². The van der Waals surface area contributed by atoms with Crippen molar-refractivity contribution in [3.8, 4) is 5.75 Å². The standard InChI is InChI=1S/C21H22AsN3O/c22-17-11-24-21(25-12-17)13-23-20-10-19(20)16-6-8-18(9-7-16)26-14-15-4-2-1-3-5-15/h1-9,11-12,19-20,23H,10,13-14,22H2/t19-,20+/m0/s1. The summed E-state index contributed by atoms with van der Waals surface area (Å²) in [6.07, 6.45) is 4.95. The van der Waals surface area contributed by atoms with E-state index >= 15 is 0 Å². The molecule has 0 aliphatic heterocycles. The zero-order chi connectivity index (χ0) is 17.8. The Morgan fingerprint density at radius 1 is 1.00 bits per heavy atom. The Hall–Kier alpha value is -2.16. The second-order valence-corrected chi connectivity index (χ2v) is 8.00. The van der Waals surface area contributed by atoms with Crippen molar-refractivity contribution in [2.45, 2.75) is 31.5 Å². The van der Waals surface area contributed by atoms with E-state index in [1.54, 1.807) is 16.9 Å². The van der Waals surface area contributed by atoms with Crippen LogP contribution < -0.4 is 14.4 Å². The van der Waals surface area contributed by atoms with Gasteiger partial charge in [-0.2, -0.15) is 0 Å². The average molecular weight is 407 g/mol. The quantitative estimate of drug-likeness (QED) is 0.609. The van der Waals surface area contributed by atoms with Gasteiger partial charge in [-0.3, -0.25) is 0 Å². The zero-order valence-corrected chi connectivity index (χ0v) is 16.9. The number of ether oxygens (including phenoxy) is 1. The summed E-state index contributed by atoms with van der Waals surface area (Å²) in [7, 11) is 0. The Morgan fingerprint density at radius 2 is 1.73 bits per heavy atom. The first-order chi connectivity index (χ1) is 12.8. The third kappa shape index (κ3) is 4.51. The summed E-state index contributed by atoms with van der Waals surface area (Å²) in [6.45, 7) is 1.33. The number of rotatable bonds is 7. The van der Waals surface area contributed by atoms with Crippen LogP contribution in [0.4, 0.5) is 0 Å². The van der Waals surface area contributed by atoms with Crippen LogP contribution >= 0.6 is 0 Å². The first-order valence-electron chi connectivity index (χ1n) is 8.84.